The summed E-state index contributed by atoms with van der Waals surface area (Å²) in [6.07, 6.45) is 3.10. The van der Waals surface area contributed by atoms with Gasteiger partial charge in [0.25, 0.3) is 5.91 Å². The van der Waals surface area contributed by atoms with Crippen molar-refractivity contribution in [1.29, 1.82) is 0 Å². The van der Waals surface area contributed by atoms with Crippen LogP contribution in [0.5, 0.6) is 0 Å². The van der Waals surface area contributed by atoms with Crippen molar-refractivity contribution < 1.29 is 17.6 Å². The van der Waals surface area contributed by atoms with Crippen LogP contribution in [0.1, 0.15) is 40.0 Å². The van der Waals surface area contributed by atoms with Crippen molar-refractivity contribution in [2.75, 3.05) is 13.6 Å². The Labute approximate surface area is 159 Å². The molecule has 1 aromatic rings. The van der Waals surface area contributed by atoms with Crippen molar-refractivity contribution in [3.63, 3.8) is 0 Å². The largest absolute Gasteiger partial charge is 0.272 e. The van der Waals surface area contributed by atoms with E-state index < -0.39 is 21.7 Å². The zero-order chi connectivity index (χ0) is 20.0. The first kappa shape index (κ1) is 19.9. The lowest BCUT2D eigenvalue weighted by Crippen LogP contribution is -2.38. The van der Waals surface area contributed by atoms with Gasteiger partial charge >= 0.3 is 0 Å². The Morgan fingerprint density at radius 3 is 2.44 bits per heavy atom. The van der Waals surface area contributed by atoms with E-state index in [2.05, 4.69) is 31.3 Å². The number of nitrogens with zero attached hydrogens (tertiary/aromatic N) is 2. The molecule has 0 saturated heterocycles. The third-order valence-corrected chi connectivity index (χ3v) is 8.53. The summed E-state index contributed by atoms with van der Waals surface area (Å²) < 4.78 is 38.9. The van der Waals surface area contributed by atoms with Crippen molar-refractivity contribution in [3.8, 4) is 0 Å². The van der Waals surface area contributed by atoms with Crippen molar-refractivity contribution in [1.82, 2.24) is 9.73 Å². The van der Waals surface area contributed by atoms with Crippen LogP contribution < -0.4 is 5.43 Å². The fraction of sp³-hybridized carbons (Fsp3) is 0.579. The van der Waals surface area contributed by atoms with Gasteiger partial charge in [-0.1, -0.05) is 20.8 Å². The number of sulfonamides is 1. The zero-order valence-corrected chi connectivity index (χ0v) is 16.9. The van der Waals surface area contributed by atoms with Crippen LogP contribution in [-0.2, 0) is 14.8 Å². The highest BCUT2D eigenvalue weighted by Crippen LogP contribution is 2.63. The molecule has 2 aliphatic carbocycles. The summed E-state index contributed by atoms with van der Waals surface area (Å²) in [7, 11) is -2.56. The third kappa shape index (κ3) is 3.29. The number of hydrazone groups is 1. The molecule has 2 fully saturated rings. The van der Waals surface area contributed by atoms with Crippen LogP contribution in [0.4, 0.5) is 4.39 Å². The number of fused-ring (bicyclic) bond motifs is 2. The third-order valence-electron chi connectivity index (χ3n) is 6.72. The highest BCUT2D eigenvalue weighted by molar-refractivity contribution is 7.89. The first-order chi connectivity index (χ1) is 12.5. The molecule has 2 atom stereocenters. The maximum atomic E-state index is 13.0. The highest BCUT2D eigenvalue weighted by Gasteiger charge is 2.60. The van der Waals surface area contributed by atoms with Gasteiger partial charge in [0.1, 0.15) is 5.82 Å². The normalized spacial score (nSPS) is 28.1. The van der Waals surface area contributed by atoms with E-state index in [1.807, 2.05) is 0 Å². The van der Waals surface area contributed by atoms with Gasteiger partial charge in [0.05, 0.1) is 11.4 Å². The minimum atomic E-state index is -3.87. The smallest absolute Gasteiger partial charge is 0.255 e. The molecule has 148 valence electrons. The number of nitrogens with one attached hydrogen (secondary N) is 1. The SMILES string of the molecule is CN(CC(=O)N/N=C1/C[C@@H]2CC[C@]1(C)C2(C)C)S(=O)(=O)c1ccc(F)cc1. The maximum Gasteiger partial charge on any atom is 0.255 e. The average molecular weight is 396 g/mol. The number of hydrogen-bond acceptors (Lipinski definition) is 4. The van der Waals surface area contributed by atoms with Gasteiger partial charge in [0.15, 0.2) is 0 Å². The lowest BCUT2D eigenvalue weighted by molar-refractivity contribution is -0.121. The van der Waals surface area contributed by atoms with E-state index in [4.69, 9.17) is 0 Å². The molecule has 0 unspecified atom stereocenters. The molecule has 1 N–H and O–H groups in total. The lowest BCUT2D eigenvalue weighted by Gasteiger charge is -2.34. The minimum absolute atomic E-state index is 0.0307. The number of benzene rings is 1. The number of hydrogen-bond donors (Lipinski definition) is 1. The van der Waals surface area contributed by atoms with Crippen LogP contribution in [0.2, 0.25) is 0 Å². The summed E-state index contributed by atoms with van der Waals surface area (Å²) in [5.74, 6) is -0.452. The van der Waals surface area contributed by atoms with Crippen molar-refractivity contribution in [3.05, 3.63) is 30.1 Å². The van der Waals surface area contributed by atoms with Gasteiger partial charge in [-0.2, -0.15) is 9.41 Å². The molecule has 0 heterocycles. The molecule has 0 aliphatic heterocycles. The average Bonchev–Trinajstić information content (AvgIpc) is 2.93. The number of rotatable bonds is 5. The van der Waals surface area contributed by atoms with E-state index in [-0.39, 0.29) is 22.3 Å². The second-order valence-corrected chi connectivity index (χ2v) is 10.3. The molecular formula is C19H26FN3O3S. The predicted molar refractivity (Wildman–Crippen MR) is 101 cm³/mol. The van der Waals surface area contributed by atoms with E-state index in [9.17, 15) is 17.6 Å². The van der Waals surface area contributed by atoms with Crippen molar-refractivity contribution >= 4 is 21.6 Å². The molecule has 0 aromatic heterocycles. The standard InChI is InChI=1S/C19H26FN3O3S/c1-18(2)13-9-10-19(18,3)16(11-13)21-22-17(24)12-23(4)27(25,26)15-7-5-14(20)6-8-15/h5-8,13H,9-12H2,1-4H3,(H,22,24)/b21-16-/t13-,19-/m0/s1. The summed E-state index contributed by atoms with van der Waals surface area (Å²) >= 11 is 0. The molecular weight excluding hydrogens is 369 g/mol. The number of halogens is 1. The van der Waals surface area contributed by atoms with E-state index in [1.54, 1.807) is 0 Å². The van der Waals surface area contributed by atoms with Crippen molar-refractivity contribution in [2.24, 2.45) is 21.8 Å². The Hall–Kier alpha value is -1.80. The van der Waals surface area contributed by atoms with Gasteiger partial charge in [-0.05, 0) is 54.9 Å². The van der Waals surface area contributed by atoms with Crippen LogP contribution in [0.3, 0.4) is 0 Å². The summed E-state index contributed by atoms with van der Waals surface area (Å²) in [4.78, 5) is 12.2. The molecule has 3 rings (SSSR count). The second kappa shape index (κ2) is 6.67. The van der Waals surface area contributed by atoms with Gasteiger partial charge in [0.2, 0.25) is 10.0 Å². The Kier molecular flexibility index (Phi) is 4.93. The topological polar surface area (TPSA) is 78.8 Å². The van der Waals surface area contributed by atoms with Crippen molar-refractivity contribution in [2.45, 2.75) is 44.9 Å². The fourth-order valence-corrected chi connectivity index (χ4v) is 5.46. The van der Waals surface area contributed by atoms with E-state index in [0.717, 1.165) is 35.0 Å². The van der Waals surface area contributed by atoms with Crippen LogP contribution in [0.15, 0.2) is 34.3 Å². The van der Waals surface area contributed by atoms with Gasteiger partial charge in [-0.3, -0.25) is 4.79 Å². The Morgan fingerprint density at radius 2 is 1.93 bits per heavy atom. The van der Waals surface area contributed by atoms with Crippen LogP contribution in [0.25, 0.3) is 0 Å². The number of likely N-dealkylation sites (N-methyl/N-ethyl adjacent to an activating group) is 1. The van der Waals surface area contributed by atoms with E-state index in [1.165, 1.54) is 25.6 Å². The summed E-state index contributed by atoms with van der Waals surface area (Å²) in [6.45, 7) is 6.33. The van der Waals surface area contributed by atoms with Gasteiger partial charge in [-0.25, -0.2) is 18.2 Å². The molecule has 0 radical (unpaired) electrons. The minimum Gasteiger partial charge on any atom is -0.272 e. The predicted octanol–water partition coefficient (Wildman–Crippen LogP) is 2.76. The first-order valence-corrected chi connectivity index (χ1v) is 10.5. The molecule has 8 heteroatoms. The number of amides is 1. The molecule has 27 heavy (non-hydrogen) atoms. The number of carbonyl (C=O) groups excluding carboxylic acids is 1. The van der Waals surface area contributed by atoms with Crippen LogP contribution >= 0.6 is 0 Å². The molecule has 1 amide bonds. The molecule has 2 aliphatic rings. The second-order valence-electron chi connectivity index (χ2n) is 8.30. The van der Waals surface area contributed by atoms with Gasteiger partial charge < -0.3 is 0 Å². The van der Waals surface area contributed by atoms with E-state index in [0.29, 0.717) is 5.92 Å². The summed E-state index contributed by atoms with van der Waals surface area (Å²) in [5.41, 5.74) is 3.63. The molecule has 1 aromatic carbocycles. The Balaban J connectivity index is 1.65. The maximum absolute atomic E-state index is 13.0. The van der Waals surface area contributed by atoms with E-state index >= 15 is 0 Å². The highest BCUT2D eigenvalue weighted by atomic mass is 32.2. The fourth-order valence-electron chi connectivity index (χ4n) is 4.34. The van der Waals surface area contributed by atoms with Crippen LogP contribution in [-0.4, -0.2) is 37.9 Å². The lowest BCUT2D eigenvalue weighted by atomic mass is 9.70. The quantitative estimate of drug-likeness (QED) is 0.779. The summed E-state index contributed by atoms with van der Waals surface area (Å²) in [5, 5.41) is 4.34. The van der Waals surface area contributed by atoms with Crippen LogP contribution in [0, 0.1) is 22.6 Å². The number of carbonyl (C=O) groups is 1. The Bertz CT molecular complexity index is 880. The molecule has 0 spiro atoms. The molecule has 2 saturated carbocycles. The monoisotopic (exact) mass is 395 g/mol. The zero-order valence-electron chi connectivity index (χ0n) is 16.1. The summed E-state index contributed by atoms with van der Waals surface area (Å²) in [6, 6.07) is 4.50. The first-order valence-electron chi connectivity index (χ1n) is 9.06. The molecule has 2 bridgehead atoms. The Morgan fingerprint density at radius 1 is 1.30 bits per heavy atom. The van der Waals surface area contributed by atoms with Gasteiger partial charge in [-0.15, -0.1) is 0 Å². The van der Waals surface area contributed by atoms with Gasteiger partial charge in [0, 0.05) is 18.2 Å². The molecule has 6 nitrogen and oxygen atoms in total.